The molecule has 0 aliphatic rings. The molecule has 2 N–H and O–H groups in total. The van der Waals surface area contributed by atoms with E-state index in [1.807, 2.05) is 0 Å². The molecule has 0 amide bonds. The van der Waals surface area contributed by atoms with E-state index in [4.69, 9.17) is 10.5 Å². The molecule has 0 radical (unpaired) electrons. The van der Waals surface area contributed by atoms with Gasteiger partial charge in [-0.1, -0.05) is 0 Å². The quantitative estimate of drug-likeness (QED) is 0.463. The van der Waals surface area contributed by atoms with Gasteiger partial charge in [-0.25, -0.2) is 4.98 Å². The summed E-state index contributed by atoms with van der Waals surface area (Å²) in [5.41, 5.74) is 5.18. The SMILES string of the molecule is CC(=O)C=O.Nc1cnccn1. The van der Waals surface area contributed by atoms with Crippen LogP contribution in [0.5, 0.6) is 0 Å². The number of anilines is 1. The number of carbonyl (C=O) groups excluding carboxylic acids is 2. The number of hydrogen-bond donors (Lipinski definition) is 1. The van der Waals surface area contributed by atoms with E-state index in [0.717, 1.165) is 0 Å². The molecule has 0 aliphatic heterocycles. The molecule has 0 aromatic carbocycles. The highest BCUT2D eigenvalue weighted by Gasteiger charge is 1.76. The van der Waals surface area contributed by atoms with Gasteiger partial charge in [0.05, 0.1) is 6.20 Å². The summed E-state index contributed by atoms with van der Waals surface area (Å²) in [4.78, 5) is 26.0. The average Bonchev–Trinajstić information content (AvgIpc) is 2.07. The highest BCUT2D eigenvalue weighted by molar-refractivity contribution is 6.23. The Bertz CT molecular complexity index is 248. The van der Waals surface area contributed by atoms with E-state index >= 15 is 0 Å². The maximum atomic E-state index is 9.44. The molecule has 0 saturated carbocycles. The van der Waals surface area contributed by atoms with Crippen LogP contribution >= 0.6 is 0 Å². The number of hydrogen-bond acceptors (Lipinski definition) is 5. The second-order valence-corrected chi connectivity index (χ2v) is 1.86. The molecule has 1 aromatic rings. The second-order valence-electron chi connectivity index (χ2n) is 1.86. The summed E-state index contributed by atoms with van der Waals surface area (Å²) in [6, 6.07) is 0. The first-order valence-electron chi connectivity index (χ1n) is 3.14. The topological polar surface area (TPSA) is 85.9 Å². The van der Waals surface area contributed by atoms with Gasteiger partial charge < -0.3 is 5.73 Å². The van der Waals surface area contributed by atoms with Crippen molar-refractivity contribution in [1.29, 1.82) is 0 Å². The van der Waals surface area contributed by atoms with Gasteiger partial charge in [-0.15, -0.1) is 0 Å². The van der Waals surface area contributed by atoms with Gasteiger partial charge >= 0.3 is 0 Å². The van der Waals surface area contributed by atoms with Crippen molar-refractivity contribution in [2.75, 3.05) is 5.73 Å². The van der Waals surface area contributed by atoms with Gasteiger partial charge in [0.15, 0.2) is 12.1 Å². The van der Waals surface area contributed by atoms with Crippen molar-refractivity contribution in [3.05, 3.63) is 18.6 Å². The Morgan fingerprint density at radius 3 is 2.33 bits per heavy atom. The molecule has 0 spiro atoms. The summed E-state index contributed by atoms with van der Waals surface area (Å²) in [5, 5.41) is 0. The van der Waals surface area contributed by atoms with Gasteiger partial charge in [-0.05, 0) is 0 Å². The number of carbonyl (C=O) groups is 2. The number of aldehydes is 1. The lowest BCUT2D eigenvalue weighted by Crippen LogP contribution is -1.87. The third kappa shape index (κ3) is 6.34. The lowest BCUT2D eigenvalue weighted by Gasteiger charge is -1.82. The molecular weight excluding hydrogens is 158 g/mol. The minimum absolute atomic E-state index is 0.278. The van der Waals surface area contributed by atoms with Crippen molar-refractivity contribution < 1.29 is 9.59 Å². The Kier molecular flexibility index (Phi) is 5.08. The molecule has 1 aromatic heterocycles. The van der Waals surface area contributed by atoms with Crippen molar-refractivity contribution in [2.24, 2.45) is 0 Å². The monoisotopic (exact) mass is 167 g/mol. The molecule has 5 nitrogen and oxygen atoms in total. The van der Waals surface area contributed by atoms with Gasteiger partial charge in [-0.2, -0.15) is 0 Å². The van der Waals surface area contributed by atoms with Crippen molar-refractivity contribution in [3.8, 4) is 0 Å². The van der Waals surface area contributed by atoms with Crippen molar-refractivity contribution in [3.63, 3.8) is 0 Å². The van der Waals surface area contributed by atoms with E-state index in [1.54, 1.807) is 12.4 Å². The van der Waals surface area contributed by atoms with Gasteiger partial charge in [0.25, 0.3) is 0 Å². The molecule has 0 bridgehead atoms. The first-order valence-corrected chi connectivity index (χ1v) is 3.14. The van der Waals surface area contributed by atoms with Crippen LogP contribution < -0.4 is 5.73 Å². The Labute approximate surface area is 69.6 Å². The van der Waals surface area contributed by atoms with Crippen molar-refractivity contribution >= 4 is 17.9 Å². The fourth-order valence-corrected chi connectivity index (χ4v) is 0.311. The number of aromatic nitrogens is 2. The van der Waals surface area contributed by atoms with E-state index in [0.29, 0.717) is 5.82 Å². The summed E-state index contributed by atoms with van der Waals surface area (Å²) in [6.07, 6.45) is 4.91. The zero-order valence-corrected chi connectivity index (χ0v) is 6.60. The van der Waals surface area contributed by atoms with E-state index in [1.165, 1.54) is 13.1 Å². The number of ketones is 1. The predicted molar refractivity (Wildman–Crippen MR) is 43.2 cm³/mol. The molecule has 5 heteroatoms. The van der Waals surface area contributed by atoms with Gasteiger partial charge in [-0.3, -0.25) is 14.6 Å². The second kappa shape index (κ2) is 5.96. The normalized spacial score (nSPS) is 7.75. The minimum atomic E-state index is -0.426. The van der Waals surface area contributed by atoms with Crippen LogP contribution in [0.2, 0.25) is 0 Å². The molecule has 1 heterocycles. The van der Waals surface area contributed by atoms with Gasteiger partial charge in [0, 0.05) is 19.3 Å². The number of nitrogens with two attached hydrogens (primary N) is 1. The molecule has 0 fully saturated rings. The van der Waals surface area contributed by atoms with Crippen LogP contribution in [0.3, 0.4) is 0 Å². The first kappa shape index (κ1) is 10.2. The smallest absolute Gasteiger partial charge is 0.192 e. The summed E-state index contributed by atoms with van der Waals surface area (Å²) < 4.78 is 0. The Morgan fingerprint density at radius 2 is 2.17 bits per heavy atom. The molecule has 1 rings (SSSR count). The molecule has 0 atom stereocenters. The van der Waals surface area contributed by atoms with E-state index < -0.39 is 5.78 Å². The molecule has 0 unspecified atom stereocenters. The van der Waals surface area contributed by atoms with Crippen LogP contribution in [0.25, 0.3) is 0 Å². The van der Waals surface area contributed by atoms with Crippen LogP contribution in [0.4, 0.5) is 5.82 Å². The average molecular weight is 167 g/mol. The molecule has 12 heavy (non-hydrogen) atoms. The zero-order chi connectivity index (χ0) is 9.40. The Morgan fingerprint density at radius 1 is 1.58 bits per heavy atom. The summed E-state index contributed by atoms with van der Waals surface area (Å²) >= 11 is 0. The standard InChI is InChI=1S/C4H5N3.C3H4O2/c5-4-3-6-1-2-7-4;1-3(5)2-4/h1-3H,(H2,5,7);2H,1H3. The zero-order valence-electron chi connectivity index (χ0n) is 6.60. The number of rotatable bonds is 1. The fourth-order valence-electron chi connectivity index (χ4n) is 0.311. The summed E-state index contributed by atoms with van der Waals surface area (Å²) in [7, 11) is 0. The van der Waals surface area contributed by atoms with Crippen LogP contribution in [-0.2, 0) is 9.59 Å². The summed E-state index contributed by atoms with van der Waals surface area (Å²) in [6.45, 7) is 1.22. The number of nitrogens with zero attached hydrogens (tertiary/aromatic N) is 2. The highest BCUT2D eigenvalue weighted by atomic mass is 16.2. The summed E-state index contributed by atoms with van der Waals surface area (Å²) in [5.74, 6) is 0.0347. The van der Waals surface area contributed by atoms with Crippen LogP contribution in [0, 0.1) is 0 Å². The number of nitrogen functional groups attached to an aromatic ring is 1. The van der Waals surface area contributed by atoms with Crippen LogP contribution in [0.15, 0.2) is 18.6 Å². The predicted octanol–water partition coefficient (Wildman–Crippen LogP) is -0.167. The van der Waals surface area contributed by atoms with Crippen LogP contribution in [0.1, 0.15) is 6.92 Å². The molecule has 0 saturated heterocycles. The molecular formula is C7H9N3O2. The van der Waals surface area contributed by atoms with E-state index in [2.05, 4.69) is 9.97 Å². The van der Waals surface area contributed by atoms with Crippen LogP contribution in [-0.4, -0.2) is 22.0 Å². The third-order valence-electron chi connectivity index (χ3n) is 0.749. The van der Waals surface area contributed by atoms with Crippen molar-refractivity contribution in [2.45, 2.75) is 6.92 Å². The lowest BCUT2D eigenvalue weighted by atomic mass is 10.5. The first-order chi connectivity index (χ1) is 5.66. The Hall–Kier alpha value is -1.78. The van der Waals surface area contributed by atoms with E-state index in [9.17, 15) is 4.79 Å². The fraction of sp³-hybridized carbons (Fsp3) is 0.143. The maximum Gasteiger partial charge on any atom is 0.192 e. The lowest BCUT2D eigenvalue weighted by molar-refractivity contribution is -0.128. The molecule has 64 valence electrons. The number of Topliss-reactive ketones (excluding diaryl/α,β-unsaturated/α-hetero) is 1. The van der Waals surface area contributed by atoms with Gasteiger partial charge in [0.1, 0.15) is 5.82 Å². The van der Waals surface area contributed by atoms with Gasteiger partial charge in [0.2, 0.25) is 0 Å². The minimum Gasteiger partial charge on any atom is -0.382 e. The largest absolute Gasteiger partial charge is 0.382 e. The maximum absolute atomic E-state index is 9.44. The van der Waals surface area contributed by atoms with E-state index in [-0.39, 0.29) is 6.29 Å². The Balaban J connectivity index is 0.000000217. The molecule has 0 aliphatic carbocycles. The van der Waals surface area contributed by atoms with Crippen molar-refractivity contribution in [1.82, 2.24) is 9.97 Å². The third-order valence-corrected chi connectivity index (χ3v) is 0.749. The highest BCUT2D eigenvalue weighted by Crippen LogP contribution is 1.84.